The molecule has 2 heterocycles. The molecule has 1 fully saturated rings. The number of alkyl halides is 2. The zero-order valence-corrected chi connectivity index (χ0v) is 13.4. The van der Waals surface area contributed by atoms with Crippen molar-refractivity contribution in [2.45, 2.75) is 31.2 Å². The van der Waals surface area contributed by atoms with Crippen LogP contribution in [0.25, 0.3) is 10.2 Å². The molecule has 1 aliphatic rings. The molecule has 0 saturated heterocycles. The van der Waals surface area contributed by atoms with Gasteiger partial charge >= 0.3 is 5.69 Å². The van der Waals surface area contributed by atoms with Crippen LogP contribution in [-0.2, 0) is 14.1 Å². The summed E-state index contributed by atoms with van der Waals surface area (Å²) in [7, 11) is 2.84. The highest BCUT2D eigenvalue weighted by molar-refractivity contribution is 7.20. The van der Waals surface area contributed by atoms with Crippen LogP contribution in [0.2, 0.25) is 0 Å². The van der Waals surface area contributed by atoms with Gasteiger partial charge in [0.25, 0.3) is 17.4 Å². The molecule has 23 heavy (non-hydrogen) atoms. The zero-order valence-electron chi connectivity index (χ0n) is 12.6. The number of hydrogen-bond donors (Lipinski definition) is 1. The predicted molar refractivity (Wildman–Crippen MR) is 82.4 cm³/mol. The molecule has 3 rings (SSSR count). The van der Waals surface area contributed by atoms with Gasteiger partial charge in [-0.15, -0.1) is 11.3 Å². The highest BCUT2D eigenvalue weighted by Crippen LogP contribution is 2.35. The van der Waals surface area contributed by atoms with Gasteiger partial charge in [-0.2, -0.15) is 0 Å². The first-order valence-electron chi connectivity index (χ1n) is 7.10. The van der Waals surface area contributed by atoms with Crippen LogP contribution in [0.5, 0.6) is 0 Å². The van der Waals surface area contributed by atoms with Gasteiger partial charge in [-0.05, 0) is 18.9 Å². The zero-order chi connectivity index (χ0) is 16.9. The number of rotatable bonds is 2. The molecule has 124 valence electrons. The van der Waals surface area contributed by atoms with Gasteiger partial charge in [0.2, 0.25) is 0 Å². The number of amides is 1. The van der Waals surface area contributed by atoms with Gasteiger partial charge in [-0.1, -0.05) is 0 Å². The molecule has 0 radical (unpaired) electrons. The molecule has 0 spiro atoms. The molecule has 1 N–H and O–H groups in total. The van der Waals surface area contributed by atoms with E-state index in [1.54, 1.807) is 0 Å². The number of fused-ring (bicyclic) bond motifs is 1. The summed E-state index contributed by atoms with van der Waals surface area (Å²) in [5, 5.41) is 2.56. The molecule has 6 nitrogen and oxygen atoms in total. The molecule has 1 atom stereocenters. The molecular formula is C14H15F2N3O3S. The Morgan fingerprint density at radius 1 is 1.35 bits per heavy atom. The lowest BCUT2D eigenvalue weighted by Gasteiger charge is -2.19. The van der Waals surface area contributed by atoms with Crippen LogP contribution in [-0.4, -0.2) is 27.0 Å². The molecule has 2 aromatic heterocycles. The molecule has 1 amide bonds. The molecule has 1 aliphatic carbocycles. The van der Waals surface area contributed by atoms with E-state index in [-0.39, 0.29) is 23.1 Å². The van der Waals surface area contributed by atoms with Crippen LogP contribution < -0.4 is 16.6 Å². The minimum absolute atomic E-state index is 0.140. The maximum Gasteiger partial charge on any atom is 0.331 e. The lowest BCUT2D eigenvalue weighted by molar-refractivity contribution is -0.0164. The standard InChI is InChI=1S/C14H15F2N3O3S/c1-18-11(21)7-6-8(23-12(7)19(2)13(18)22)10(20)17-9-4-3-5-14(9,15)16/h6,9H,3-5H2,1-2H3,(H,17,20). The topological polar surface area (TPSA) is 73.1 Å². The second-order valence-corrected chi connectivity index (χ2v) is 6.75. The number of aromatic nitrogens is 2. The van der Waals surface area contributed by atoms with Crippen molar-refractivity contribution in [3.05, 3.63) is 31.8 Å². The van der Waals surface area contributed by atoms with Crippen LogP contribution in [0, 0.1) is 0 Å². The van der Waals surface area contributed by atoms with Crippen LogP contribution in [0.15, 0.2) is 15.7 Å². The number of aryl methyl sites for hydroxylation is 1. The number of nitrogens with one attached hydrogen (secondary N) is 1. The number of carbonyl (C=O) groups excluding carboxylic acids is 1. The SMILES string of the molecule is Cn1c(=O)c2cc(C(=O)NC3CCCC3(F)F)sc2n(C)c1=O. The summed E-state index contributed by atoms with van der Waals surface area (Å²) in [5.74, 6) is -3.55. The first-order chi connectivity index (χ1) is 10.7. The molecule has 1 saturated carbocycles. The highest BCUT2D eigenvalue weighted by atomic mass is 32.1. The molecule has 1 unspecified atom stereocenters. The van der Waals surface area contributed by atoms with Gasteiger partial charge in [0.1, 0.15) is 4.83 Å². The van der Waals surface area contributed by atoms with E-state index in [0.29, 0.717) is 11.3 Å². The Kier molecular flexibility index (Phi) is 3.62. The fourth-order valence-corrected chi connectivity index (χ4v) is 3.82. The summed E-state index contributed by atoms with van der Waals surface area (Å²) in [5.41, 5.74) is -1.01. The van der Waals surface area contributed by atoms with Crippen molar-refractivity contribution in [3.63, 3.8) is 0 Å². The lowest BCUT2D eigenvalue weighted by atomic mass is 10.2. The summed E-state index contributed by atoms with van der Waals surface area (Å²) in [4.78, 5) is 36.7. The van der Waals surface area contributed by atoms with Crippen molar-refractivity contribution in [2.75, 3.05) is 0 Å². The number of hydrogen-bond acceptors (Lipinski definition) is 4. The van der Waals surface area contributed by atoms with E-state index < -0.39 is 29.1 Å². The third-order valence-corrected chi connectivity index (χ3v) is 5.38. The second kappa shape index (κ2) is 5.26. The molecular weight excluding hydrogens is 328 g/mol. The average molecular weight is 343 g/mol. The van der Waals surface area contributed by atoms with Gasteiger partial charge in [0.15, 0.2) is 0 Å². The summed E-state index contributed by atoms with van der Waals surface area (Å²) in [6, 6.07) is 0.163. The van der Waals surface area contributed by atoms with Gasteiger partial charge in [0, 0.05) is 20.5 Å². The monoisotopic (exact) mass is 343 g/mol. The maximum absolute atomic E-state index is 13.6. The first kappa shape index (κ1) is 15.9. The maximum atomic E-state index is 13.6. The summed E-state index contributed by atoms with van der Waals surface area (Å²) >= 11 is 0.945. The third-order valence-electron chi connectivity index (χ3n) is 4.17. The Balaban J connectivity index is 2.00. The van der Waals surface area contributed by atoms with Gasteiger partial charge in [0.05, 0.1) is 16.3 Å². The number of carbonyl (C=O) groups is 1. The van der Waals surface area contributed by atoms with E-state index in [4.69, 9.17) is 0 Å². The van der Waals surface area contributed by atoms with Crippen LogP contribution in [0.1, 0.15) is 28.9 Å². The van der Waals surface area contributed by atoms with Crippen molar-refractivity contribution in [2.24, 2.45) is 14.1 Å². The fraction of sp³-hybridized carbons (Fsp3) is 0.500. The lowest BCUT2D eigenvalue weighted by Crippen LogP contribution is -2.43. The summed E-state index contributed by atoms with van der Waals surface area (Å²) in [6.07, 6.45) is 0.350. The van der Waals surface area contributed by atoms with Crippen molar-refractivity contribution < 1.29 is 13.6 Å². The Morgan fingerprint density at radius 3 is 2.65 bits per heavy atom. The second-order valence-electron chi connectivity index (χ2n) is 5.71. The van der Waals surface area contributed by atoms with Crippen molar-refractivity contribution in [3.8, 4) is 0 Å². The quantitative estimate of drug-likeness (QED) is 0.891. The van der Waals surface area contributed by atoms with Crippen molar-refractivity contribution in [1.82, 2.24) is 14.5 Å². The largest absolute Gasteiger partial charge is 0.343 e. The number of nitrogens with zero attached hydrogens (tertiary/aromatic N) is 2. The van der Waals surface area contributed by atoms with Crippen LogP contribution >= 0.6 is 11.3 Å². The van der Waals surface area contributed by atoms with E-state index in [1.807, 2.05) is 0 Å². The molecule has 0 aromatic carbocycles. The van der Waals surface area contributed by atoms with E-state index in [0.717, 1.165) is 15.9 Å². The minimum Gasteiger partial charge on any atom is -0.343 e. The predicted octanol–water partition coefficient (Wildman–Crippen LogP) is 1.22. The Bertz CT molecular complexity index is 912. The van der Waals surface area contributed by atoms with Gasteiger partial charge < -0.3 is 5.32 Å². The summed E-state index contributed by atoms with van der Waals surface area (Å²) in [6.45, 7) is 0. The summed E-state index contributed by atoms with van der Waals surface area (Å²) < 4.78 is 29.4. The minimum atomic E-state index is -2.91. The number of halogens is 2. The highest BCUT2D eigenvalue weighted by Gasteiger charge is 2.44. The van der Waals surface area contributed by atoms with Crippen LogP contribution in [0.4, 0.5) is 8.78 Å². The Hall–Kier alpha value is -2.03. The molecule has 0 bridgehead atoms. The number of thiophene rings is 1. The van der Waals surface area contributed by atoms with Crippen LogP contribution in [0.3, 0.4) is 0 Å². The van der Waals surface area contributed by atoms with Crippen molar-refractivity contribution in [1.29, 1.82) is 0 Å². The Labute approximate surface area is 133 Å². The Morgan fingerprint density at radius 2 is 2.04 bits per heavy atom. The smallest absolute Gasteiger partial charge is 0.331 e. The van der Waals surface area contributed by atoms with Gasteiger partial charge in [-0.3, -0.25) is 18.7 Å². The molecule has 0 aliphatic heterocycles. The van der Waals surface area contributed by atoms with E-state index in [2.05, 4.69) is 5.32 Å². The van der Waals surface area contributed by atoms with E-state index in [9.17, 15) is 23.2 Å². The molecule has 9 heteroatoms. The van der Waals surface area contributed by atoms with Gasteiger partial charge in [-0.25, -0.2) is 13.6 Å². The molecule has 2 aromatic rings. The third kappa shape index (κ3) is 2.48. The fourth-order valence-electron chi connectivity index (χ4n) is 2.81. The van der Waals surface area contributed by atoms with E-state index >= 15 is 0 Å². The first-order valence-corrected chi connectivity index (χ1v) is 7.92. The average Bonchev–Trinajstić information content (AvgIpc) is 3.07. The normalized spacial score (nSPS) is 20.1. The van der Waals surface area contributed by atoms with E-state index in [1.165, 1.54) is 24.7 Å². The van der Waals surface area contributed by atoms with Crippen molar-refractivity contribution >= 4 is 27.5 Å².